The summed E-state index contributed by atoms with van der Waals surface area (Å²) >= 11 is 0. The molecule has 0 atom stereocenters. The largest absolute Gasteiger partial charge is 0.507 e. The highest BCUT2D eigenvalue weighted by Gasteiger charge is 2.19. The van der Waals surface area contributed by atoms with E-state index in [1.165, 1.54) is 0 Å². The summed E-state index contributed by atoms with van der Waals surface area (Å²) in [6, 6.07) is 11.0. The molecule has 0 aliphatic heterocycles. The summed E-state index contributed by atoms with van der Waals surface area (Å²) in [5, 5.41) is 18.9. The van der Waals surface area contributed by atoms with Crippen LogP contribution in [0.2, 0.25) is 0 Å². The quantitative estimate of drug-likeness (QED) is 0.559. The molecule has 0 aliphatic carbocycles. The van der Waals surface area contributed by atoms with E-state index in [0.29, 0.717) is 22.7 Å². The Bertz CT molecular complexity index is 1100. The third-order valence-electron chi connectivity index (χ3n) is 4.60. The highest BCUT2D eigenvalue weighted by Crippen LogP contribution is 2.38. The number of phenolic OH excluding ortho intramolecular Hbond substituents is 1. The second kappa shape index (κ2) is 6.72. The fourth-order valence-electron chi connectivity index (χ4n) is 3.21. The molecule has 0 bridgehead atoms. The number of pyridine rings is 2. The lowest BCUT2D eigenvalue weighted by atomic mass is 9.97. The Hall–Kier alpha value is -3.41. The van der Waals surface area contributed by atoms with E-state index in [0.717, 1.165) is 22.2 Å². The molecule has 136 valence electrons. The number of fused-ring (bicyclic) bond motifs is 1. The monoisotopic (exact) mass is 360 g/mol. The molecule has 6 nitrogen and oxygen atoms in total. The molecular formula is C21H20N4O2. The summed E-state index contributed by atoms with van der Waals surface area (Å²) < 4.78 is 5.30. The van der Waals surface area contributed by atoms with Gasteiger partial charge in [-0.05, 0) is 53.4 Å². The Labute approximate surface area is 156 Å². The van der Waals surface area contributed by atoms with E-state index >= 15 is 0 Å². The van der Waals surface area contributed by atoms with Crippen LogP contribution in [0.1, 0.15) is 25.5 Å². The Morgan fingerprint density at radius 1 is 1.04 bits per heavy atom. The van der Waals surface area contributed by atoms with Crippen LogP contribution >= 0.6 is 0 Å². The molecule has 3 heterocycles. The average Bonchev–Trinajstić information content (AvgIpc) is 3.12. The number of nitrogens with zero attached hydrogens (tertiary/aromatic N) is 3. The third kappa shape index (κ3) is 2.99. The minimum Gasteiger partial charge on any atom is -0.507 e. The van der Waals surface area contributed by atoms with Crippen molar-refractivity contribution >= 4 is 11.0 Å². The molecule has 6 heteroatoms. The van der Waals surface area contributed by atoms with Gasteiger partial charge in [0.05, 0.1) is 18.2 Å². The van der Waals surface area contributed by atoms with Gasteiger partial charge < -0.3 is 9.84 Å². The molecule has 0 saturated heterocycles. The molecule has 2 N–H and O–H groups in total. The highest BCUT2D eigenvalue weighted by molar-refractivity contribution is 5.97. The number of benzene rings is 1. The van der Waals surface area contributed by atoms with Crippen LogP contribution in [0.25, 0.3) is 33.4 Å². The number of hydrogen-bond acceptors (Lipinski definition) is 5. The first-order valence-corrected chi connectivity index (χ1v) is 8.75. The van der Waals surface area contributed by atoms with Gasteiger partial charge in [-0.1, -0.05) is 13.8 Å². The minimum absolute atomic E-state index is 0.142. The molecule has 3 aromatic heterocycles. The molecule has 0 aliphatic rings. The van der Waals surface area contributed by atoms with Crippen molar-refractivity contribution in [1.29, 1.82) is 0 Å². The van der Waals surface area contributed by atoms with Crippen LogP contribution in [-0.4, -0.2) is 32.4 Å². The molecule has 0 spiro atoms. The Morgan fingerprint density at radius 2 is 1.81 bits per heavy atom. The van der Waals surface area contributed by atoms with Gasteiger partial charge >= 0.3 is 0 Å². The molecule has 0 radical (unpaired) electrons. The van der Waals surface area contributed by atoms with Gasteiger partial charge in [-0.25, -0.2) is 4.98 Å². The van der Waals surface area contributed by atoms with Crippen molar-refractivity contribution in [2.75, 3.05) is 7.11 Å². The van der Waals surface area contributed by atoms with E-state index in [4.69, 9.17) is 9.72 Å². The van der Waals surface area contributed by atoms with Crippen LogP contribution in [0.4, 0.5) is 0 Å². The molecule has 0 amide bonds. The van der Waals surface area contributed by atoms with E-state index < -0.39 is 0 Å². The lowest BCUT2D eigenvalue weighted by Crippen LogP contribution is -1.93. The summed E-state index contributed by atoms with van der Waals surface area (Å²) in [6.45, 7) is 4.23. The zero-order chi connectivity index (χ0) is 19.0. The summed E-state index contributed by atoms with van der Waals surface area (Å²) in [6.07, 6.45) is 3.53. The molecule has 0 saturated carbocycles. The van der Waals surface area contributed by atoms with Crippen molar-refractivity contribution in [2.45, 2.75) is 19.8 Å². The predicted octanol–water partition coefficient (Wildman–Crippen LogP) is 4.52. The maximum atomic E-state index is 10.4. The smallest absolute Gasteiger partial charge is 0.182 e. The molecule has 4 rings (SSSR count). The lowest BCUT2D eigenvalue weighted by Gasteiger charge is -2.11. The number of nitrogens with one attached hydrogen (secondary N) is 1. The van der Waals surface area contributed by atoms with Crippen molar-refractivity contribution < 1.29 is 9.84 Å². The molecule has 0 fully saturated rings. The van der Waals surface area contributed by atoms with Gasteiger partial charge in [0.1, 0.15) is 11.5 Å². The van der Waals surface area contributed by atoms with Gasteiger partial charge in [0, 0.05) is 23.7 Å². The average molecular weight is 360 g/mol. The van der Waals surface area contributed by atoms with Crippen molar-refractivity contribution in [3.63, 3.8) is 0 Å². The summed E-state index contributed by atoms with van der Waals surface area (Å²) in [4.78, 5) is 8.82. The Morgan fingerprint density at radius 3 is 2.52 bits per heavy atom. The van der Waals surface area contributed by atoms with E-state index in [9.17, 15) is 5.11 Å². The number of hydrogen-bond donors (Lipinski definition) is 2. The van der Waals surface area contributed by atoms with Gasteiger partial charge in [0.2, 0.25) is 0 Å². The van der Waals surface area contributed by atoms with Crippen molar-refractivity contribution in [3.05, 3.63) is 54.5 Å². The zero-order valence-corrected chi connectivity index (χ0v) is 15.4. The topological polar surface area (TPSA) is 83.9 Å². The number of H-pyrrole nitrogens is 1. The van der Waals surface area contributed by atoms with Crippen LogP contribution in [0, 0.1) is 0 Å². The maximum Gasteiger partial charge on any atom is 0.182 e. The first-order valence-electron chi connectivity index (χ1n) is 8.75. The number of aromatic hydroxyl groups is 1. The zero-order valence-electron chi connectivity index (χ0n) is 15.4. The number of ether oxygens (including phenoxy) is 1. The summed E-state index contributed by atoms with van der Waals surface area (Å²) in [7, 11) is 1.60. The molecule has 0 unspecified atom stereocenters. The van der Waals surface area contributed by atoms with Crippen LogP contribution in [0.5, 0.6) is 11.5 Å². The van der Waals surface area contributed by atoms with E-state index in [2.05, 4.69) is 29.0 Å². The van der Waals surface area contributed by atoms with Crippen LogP contribution in [0.15, 0.2) is 48.8 Å². The lowest BCUT2D eigenvalue weighted by molar-refractivity contribution is 0.412. The second-order valence-electron chi connectivity index (χ2n) is 6.66. The number of rotatable bonds is 4. The molecule has 27 heavy (non-hydrogen) atoms. The molecular weight excluding hydrogens is 340 g/mol. The van der Waals surface area contributed by atoms with Crippen LogP contribution < -0.4 is 4.74 Å². The fourth-order valence-corrected chi connectivity index (χ4v) is 3.21. The number of aromatic nitrogens is 4. The first-order chi connectivity index (χ1) is 13.1. The molecule has 4 aromatic rings. The van der Waals surface area contributed by atoms with E-state index in [1.54, 1.807) is 37.7 Å². The van der Waals surface area contributed by atoms with Crippen LogP contribution in [0.3, 0.4) is 0 Å². The standard InChI is InChI=1S/C21H20N4O2/c1-12(2)20-19-15(13-6-8-22-9-7-13)11-17(23-21(19)25-24-20)16-10-14(27-3)4-5-18(16)26/h4-12,26H,1-3H3,(H,23,24,25). The number of aromatic amines is 1. The highest BCUT2D eigenvalue weighted by atomic mass is 16.5. The van der Waals surface area contributed by atoms with Gasteiger partial charge in [-0.2, -0.15) is 5.10 Å². The van der Waals surface area contributed by atoms with Gasteiger partial charge in [0.25, 0.3) is 0 Å². The summed E-state index contributed by atoms with van der Waals surface area (Å²) in [5.74, 6) is 1.07. The molecule has 1 aromatic carbocycles. The predicted molar refractivity (Wildman–Crippen MR) is 105 cm³/mol. The van der Waals surface area contributed by atoms with Gasteiger partial charge in [0.15, 0.2) is 5.65 Å². The van der Waals surface area contributed by atoms with Crippen molar-refractivity contribution in [1.82, 2.24) is 20.2 Å². The van der Waals surface area contributed by atoms with E-state index in [-0.39, 0.29) is 11.7 Å². The van der Waals surface area contributed by atoms with E-state index in [1.807, 2.05) is 18.2 Å². The minimum atomic E-state index is 0.142. The third-order valence-corrected chi connectivity index (χ3v) is 4.60. The Balaban J connectivity index is 2.03. The number of methoxy groups -OCH3 is 1. The SMILES string of the molecule is COc1ccc(O)c(-c2cc(-c3ccncc3)c3c(C(C)C)[nH]nc3n2)c1. The normalized spacial score (nSPS) is 11.3. The first kappa shape index (κ1) is 17.0. The van der Waals surface area contributed by atoms with Crippen molar-refractivity contribution in [3.8, 4) is 33.9 Å². The maximum absolute atomic E-state index is 10.4. The van der Waals surface area contributed by atoms with Crippen molar-refractivity contribution in [2.24, 2.45) is 0 Å². The number of phenols is 1. The van der Waals surface area contributed by atoms with Crippen LogP contribution in [-0.2, 0) is 0 Å². The Kier molecular flexibility index (Phi) is 4.24. The van der Waals surface area contributed by atoms with Gasteiger partial charge in [-0.15, -0.1) is 0 Å². The fraction of sp³-hybridized carbons (Fsp3) is 0.190. The summed E-state index contributed by atoms with van der Waals surface area (Å²) in [5.41, 5.74) is 4.89. The van der Waals surface area contributed by atoms with Gasteiger partial charge in [-0.3, -0.25) is 10.1 Å². The second-order valence-corrected chi connectivity index (χ2v) is 6.66.